The zero-order valence-corrected chi connectivity index (χ0v) is 13.4. The number of nitrogens with one attached hydrogen (secondary N) is 2. The minimum atomic E-state index is -4.01. The third kappa shape index (κ3) is 3.62. The van der Waals surface area contributed by atoms with Gasteiger partial charge in [0.15, 0.2) is 5.82 Å². The van der Waals surface area contributed by atoms with Gasteiger partial charge in [-0.25, -0.2) is 23.6 Å². The van der Waals surface area contributed by atoms with Gasteiger partial charge in [0.2, 0.25) is 0 Å². The summed E-state index contributed by atoms with van der Waals surface area (Å²) in [5.74, 6) is 4.63. The molecule has 6 nitrogen and oxygen atoms in total. The lowest BCUT2D eigenvalue weighted by Crippen LogP contribution is -2.18. The molecule has 21 heavy (non-hydrogen) atoms. The highest BCUT2D eigenvalue weighted by Crippen LogP contribution is 2.28. The number of sulfonamides is 1. The van der Waals surface area contributed by atoms with Gasteiger partial charge in [0.05, 0.1) is 10.7 Å². The van der Waals surface area contributed by atoms with Gasteiger partial charge in [0.1, 0.15) is 10.7 Å². The molecule has 4 N–H and O–H groups in total. The zero-order valence-electron chi connectivity index (χ0n) is 10.3. The van der Waals surface area contributed by atoms with Gasteiger partial charge in [-0.3, -0.25) is 4.72 Å². The van der Waals surface area contributed by atoms with E-state index in [4.69, 9.17) is 17.4 Å². The molecule has 2 aromatic rings. The molecule has 0 fully saturated rings. The predicted octanol–water partition coefficient (Wildman–Crippen LogP) is 2.72. The summed E-state index contributed by atoms with van der Waals surface area (Å²) in [7, 11) is -4.01. The summed E-state index contributed by atoms with van der Waals surface area (Å²) in [4.78, 5) is 3.67. The van der Waals surface area contributed by atoms with E-state index in [-0.39, 0.29) is 21.4 Å². The molecule has 1 aromatic heterocycles. The van der Waals surface area contributed by atoms with E-state index in [1.165, 1.54) is 18.3 Å². The Balaban J connectivity index is 2.45. The Morgan fingerprint density at radius 3 is 2.67 bits per heavy atom. The Hall–Kier alpha value is -1.42. The summed E-state index contributed by atoms with van der Waals surface area (Å²) in [6, 6.07) is 4.63. The Kier molecular flexibility index (Phi) is 4.67. The maximum atomic E-state index is 13.0. The fourth-order valence-electron chi connectivity index (χ4n) is 1.51. The van der Waals surface area contributed by atoms with Crippen LogP contribution in [-0.2, 0) is 10.0 Å². The molecule has 0 atom stereocenters. The van der Waals surface area contributed by atoms with Gasteiger partial charge in [-0.05, 0) is 40.2 Å². The number of rotatable bonds is 4. The monoisotopic (exact) mass is 394 g/mol. The van der Waals surface area contributed by atoms with E-state index in [1.54, 1.807) is 0 Å². The largest absolute Gasteiger partial charge is 0.307 e. The van der Waals surface area contributed by atoms with Crippen molar-refractivity contribution in [2.75, 3.05) is 10.1 Å². The number of pyridine rings is 1. The number of halogens is 3. The molecule has 0 radical (unpaired) electrons. The summed E-state index contributed by atoms with van der Waals surface area (Å²) >= 11 is 8.92. The fourth-order valence-corrected chi connectivity index (χ4v) is 3.49. The third-order valence-corrected chi connectivity index (χ3v) is 4.55. The first-order chi connectivity index (χ1) is 9.83. The smallest absolute Gasteiger partial charge is 0.265 e. The molecular formula is C11H9BrClFN4O2S. The minimum Gasteiger partial charge on any atom is -0.307 e. The van der Waals surface area contributed by atoms with Crippen molar-refractivity contribution in [3.63, 3.8) is 0 Å². The quantitative estimate of drug-likeness (QED) is 0.546. The Bertz CT molecular complexity index is 788. The second-order valence-corrected chi connectivity index (χ2v) is 6.85. The maximum absolute atomic E-state index is 13.0. The van der Waals surface area contributed by atoms with Crippen molar-refractivity contribution in [3.8, 4) is 0 Å². The van der Waals surface area contributed by atoms with Crippen molar-refractivity contribution in [1.82, 2.24) is 4.98 Å². The number of nitrogens with zero attached hydrogens (tertiary/aromatic N) is 1. The Labute approximate surface area is 133 Å². The average Bonchev–Trinajstić information content (AvgIpc) is 2.42. The van der Waals surface area contributed by atoms with Gasteiger partial charge >= 0.3 is 0 Å². The van der Waals surface area contributed by atoms with Crippen LogP contribution in [0.5, 0.6) is 0 Å². The van der Waals surface area contributed by atoms with E-state index in [2.05, 4.69) is 31.1 Å². The first-order valence-corrected chi connectivity index (χ1v) is 8.09. The molecule has 0 saturated carbocycles. The van der Waals surface area contributed by atoms with Gasteiger partial charge in [0.25, 0.3) is 10.0 Å². The molecule has 0 bridgehead atoms. The number of aromatic nitrogens is 1. The van der Waals surface area contributed by atoms with Crippen LogP contribution >= 0.6 is 27.5 Å². The molecular weight excluding hydrogens is 387 g/mol. The van der Waals surface area contributed by atoms with E-state index in [9.17, 15) is 12.8 Å². The third-order valence-electron chi connectivity index (χ3n) is 2.42. The lowest BCUT2D eigenvalue weighted by molar-refractivity contribution is 0.601. The highest BCUT2D eigenvalue weighted by atomic mass is 79.9. The molecule has 2 rings (SSSR count). The number of benzene rings is 1. The van der Waals surface area contributed by atoms with Gasteiger partial charge in [0, 0.05) is 10.7 Å². The van der Waals surface area contributed by atoms with Crippen molar-refractivity contribution in [2.45, 2.75) is 4.90 Å². The Morgan fingerprint density at radius 2 is 2.05 bits per heavy atom. The van der Waals surface area contributed by atoms with Crippen LogP contribution in [0, 0.1) is 5.82 Å². The van der Waals surface area contributed by atoms with Crippen molar-refractivity contribution in [2.24, 2.45) is 5.84 Å². The number of hydrazine groups is 1. The van der Waals surface area contributed by atoms with Gasteiger partial charge in [-0.15, -0.1) is 0 Å². The number of hydrogen-bond acceptors (Lipinski definition) is 5. The van der Waals surface area contributed by atoms with Crippen LogP contribution in [0.4, 0.5) is 15.9 Å². The summed E-state index contributed by atoms with van der Waals surface area (Å²) in [5.41, 5.74) is 2.24. The van der Waals surface area contributed by atoms with Crippen LogP contribution in [0.25, 0.3) is 0 Å². The van der Waals surface area contributed by atoms with Crippen LogP contribution < -0.4 is 16.0 Å². The molecule has 0 aliphatic heterocycles. The van der Waals surface area contributed by atoms with Crippen molar-refractivity contribution >= 4 is 49.1 Å². The maximum Gasteiger partial charge on any atom is 0.265 e. The average molecular weight is 396 g/mol. The summed E-state index contributed by atoms with van der Waals surface area (Å²) in [6.45, 7) is 0. The van der Waals surface area contributed by atoms with E-state index in [0.717, 1.165) is 12.1 Å². The number of hydrogen-bond donors (Lipinski definition) is 3. The molecule has 1 heterocycles. The van der Waals surface area contributed by atoms with E-state index in [1.807, 2.05) is 0 Å². The van der Waals surface area contributed by atoms with Crippen LogP contribution in [0.3, 0.4) is 0 Å². The topological polar surface area (TPSA) is 97.1 Å². The standard InChI is InChI=1S/C11H9BrClFN4O2S/c12-6-3-10(11(17-15)16-5-6)21(19,20)18-9-2-1-7(14)4-8(9)13/h1-5,18H,15H2,(H,16,17). The molecule has 0 aliphatic rings. The van der Waals surface area contributed by atoms with Crippen molar-refractivity contribution in [1.29, 1.82) is 0 Å². The first kappa shape index (κ1) is 16.0. The highest BCUT2D eigenvalue weighted by Gasteiger charge is 2.21. The lowest BCUT2D eigenvalue weighted by atomic mass is 10.3. The van der Waals surface area contributed by atoms with E-state index in [0.29, 0.717) is 4.47 Å². The van der Waals surface area contributed by atoms with E-state index >= 15 is 0 Å². The van der Waals surface area contributed by atoms with Crippen molar-refractivity contribution in [3.05, 3.63) is 45.8 Å². The SMILES string of the molecule is NNc1ncc(Br)cc1S(=O)(=O)Nc1ccc(F)cc1Cl. The number of anilines is 2. The zero-order chi connectivity index (χ0) is 15.6. The van der Waals surface area contributed by atoms with E-state index < -0.39 is 15.8 Å². The second kappa shape index (κ2) is 6.14. The Morgan fingerprint density at radius 1 is 1.33 bits per heavy atom. The summed E-state index contributed by atoms with van der Waals surface area (Å²) in [6.07, 6.45) is 1.39. The fraction of sp³-hybridized carbons (Fsp3) is 0. The van der Waals surface area contributed by atoms with Crippen molar-refractivity contribution < 1.29 is 12.8 Å². The van der Waals surface area contributed by atoms with Crippen LogP contribution in [0.1, 0.15) is 0 Å². The highest BCUT2D eigenvalue weighted by molar-refractivity contribution is 9.10. The molecule has 0 amide bonds. The molecule has 0 saturated heterocycles. The van der Waals surface area contributed by atoms with Gasteiger partial charge < -0.3 is 5.43 Å². The normalized spacial score (nSPS) is 11.2. The number of nitrogens with two attached hydrogens (primary N) is 1. The minimum absolute atomic E-state index is 0.0380. The van der Waals surface area contributed by atoms with Crippen LogP contribution in [0.15, 0.2) is 39.8 Å². The van der Waals surface area contributed by atoms with Gasteiger partial charge in [-0.1, -0.05) is 11.6 Å². The summed E-state index contributed by atoms with van der Waals surface area (Å²) in [5, 5.41) is -0.0659. The molecule has 112 valence electrons. The first-order valence-electron chi connectivity index (χ1n) is 5.43. The molecule has 0 spiro atoms. The predicted molar refractivity (Wildman–Crippen MR) is 82.0 cm³/mol. The lowest BCUT2D eigenvalue weighted by Gasteiger charge is -2.12. The second-order valence-electron chi connectivity index (χ2n) is 3.87. The number of nitrogen functional groups attached to an aromatic ring is 1. The molecule has 0 aliphatic carbocycles. The molecule has 0 unspecified atom stereocenters. The van der Waals surface area contributed by atoms with Crippen LogP contribution in [-0.4, -0.2) is 13.4 Å². The molecule has 1 aromatic carbocycles. The van der Waals surface area contributed by atoms with Crippen LogP contribution in [0.2, 0.25) is 5.02 Å². The van der Waals surface area contributed by atoms with Gasteiger partial charge in [-0.2, -0.15) is 0 Å². The molecule has 10 heteroatoms. The summed E-state index contributed by atoms with van der Waals surface area (Å²) < 4.78 is 40.4.